The van der Waals surface area contributed by atoms with E-state index in [1.165, 1.54) is 6.07 Å². The summed E-state index contributed by atoms with van der Waals surface area (Å²) in [5.41, 5.74) is 0.142. The molecule has 0 unspecified atom stereocenters. The lowest BCUT2D eigenvalue weighted by Gasteiger charge is -2.09. The molecule has 0 amide bonds. The third kappa shape index (κ3) is 3.70. The van der Waals surface area contributed by atoms with Crippen LogP contribution >= 0.6 is 0 Å². The molecular formula is C14H13NO4. The smallest absolute Gasteiger partial charge is 0.339 e. The second kappa shape index (κ2) is 6.39. The Bertz CT molecular complexity index is 542. The normalized spacial score (nSPS) is 9.89. The molecule has 2 rings (SSSR count). The molecule has 0 saturated carbocycles. The summed E-state index contributed by atoms with van der Waals surface area (Å²) in [6.07, 6.45) is 3.26. The maximum Gasteiger partial charge on any atom is 0.339 e. The second-order valence-corrected chi connectivity index (χ2v) is 3.69. The lowest BCUT2D eigenvalue weighted by Crippen LogP contribution is -2.11. The zero-order valence-corrected chi connectivity index (χ0v) is 10.2. The number of carboxylic acid groups (broad SMARTS) is 1. The maximum absolute atomic E-state index is 11.0. The average Bonchev–Trinajstić information content (AvgIpc) is 2.45. The molecule has 19 heavy (non-hydrogen) atoms. The summed E-state index contributed by atoms with van der Waals surface area (Å²) in [5, 5.41) is 8.98. The minimum atomic E-state index is -1.01. The molecule has 0 saturated heterocycles. The van der Waals surface area contributed by atoms with Crippen LogP contribution in [0.3, 0.4) is 0 Å². The van der Waals surface area contributed by atoms with E-state index in [1.54, 1.807) is 42.7 Å². The van der Waals surface area contributed by atoms with Crippen molar-refractivity contribution in [2.45, 2.75) is 0 Å². The molecule has 0 atom stereocenters. The van der Waals surface area contributed by atoms with E-state index in [0.29, 0.717) is 18.1 Å². The molecule has 5 nitrogen and oxygen atoms in total. The van der Waals surface area contributed by atoms with Crippen molar-refractivity contribution in [1.82, 2.24) is 4.98 Å². The quantitative estimate of drug-likeness (QED) is 0.806. The van der Waals surface area contributed by atoms with Gasteiger partial charge in [-0.25, -0.2) is 4.79 Å². The summed E-state index contributed by atoms with van der Waals surface area (Å²) >= 11 is 0. The predicted octanol–water partition coefficient (Wildman–Crippen LogP) is 2.24. The van der Waals surface area contributed by atoms with Crippen LogP contribution in [0.5, 0.6) is 11.5 Å². The number of aromatic carboxylic acids is 1. The van der Waals surface area contributed by atoms with Crippen molar-refractivity contribution in [2.24, 2.45) is 0 Å². The molecule has 0 aliphatic carbocycles. The SMILES string of the molecule is O=C(O)c1ccccc1OCCOc1cccnc1. The van der Waals surface area contributed by atoms with Gasteiger partial charge in [-0.3, -0.25) is 4.98 Å². The zero-order chi connectivity index (χ0) is 13.5. The van der Waals surface area contributed by atoms with Gasteiger partial charge in [-0.1, -0.05) is 12.1 Å². The minimum Gasteiger partial charge on any atom is -0.489 e. The number of rotatable bonds is 6. The largest absolute Gasteiger partial charge is 0.489 e. The van der Waals surface area contributed by atoms with E-state index >= 15 is 0 Å². The first-order valence-electron chi connectivity index (χ1n) is 5.75. The summed E-state index contributed by atoms with van der Waals surface area (Å²) in [4.78, 5) is 14.9. The van der Waals surface area contributed by atoms with Gasteiger partial charge in [-0.2, -0.15) is 0 Å². The van der Waals surface area contributed by atoms with Crippen LogP contribution in [0.1, 0.15) is 10.4 Å². The molecule has 5 heteroatoms. The topological polar surface area (TPSA) is 68.7 Å². The van der Waals surface area contributed by atoms with Gasteiger partial charge < -0.3 is 14.6 Å². The van der Waals surface area contributed by atoms with Crippen LogP contribution in [0.4, 0.5) is 0 Å². The van der Waals surface area contributed by atoms with Gasteiger partial charge in [0.25, 0.3) is 0 Å². The first kappa shape index (κ1) is 12.9. The van der Waals surface area contributed by atoms with Crippen molar-refractivity contribution in [2.75, 3.05) is 13.2 Å². The number of benzene rings is 1. The van der Waals surface area contributed by atoms with Gasteiger partial charge >= 0.3 is 5.97 Å². The fourth-order valence-corrected chi connectivity index (χ4v) is 1.51. The van der Waals surface area contributed by atoms with Crippen LogP contribution in [0.2, 0.25) is 0 Å². The van der Waals surface area contributed by atoms with Crippen molar-refractivity contribution >= 4 is 5.97 Å². The van der Waals surface area contributed by atoms with E-state index in [9.17, 15) is 4.79 Å². The van der Waals surface area contributed by atoms with Gasteiger partial charge in [-0.15, -0.1) is 0 Å². The second-order valence-electron chi connectivity index (χ2n) is 3.69. The van der Waals surface area contributed by atoms with E-state index in [1.807, 2.05) is 0 Å². The van der Waals surface area contributed by atoms with Gasteiger partial charge in [0.1, 0.15) is 30.3 Å². The van der Waals surface area contributed by atoms with Gasteiger partial charge in [0.15, 0.2) is 0 Å². The number of pyridine rings is 1. The molecule has 1 N–H and O–H groups in total. The number of hydrogen-bond acceptors (Lipinski definition) is 4. The first-order chi connectivity index (χ1) is 9.27. The Kier molecular flexibility index (Phi) is 4.34. The summed E-state index contributed by atoms with van der Waals surface area (Å²) in [6.45, 7) is 0.582. The van der Waals surface area contributed by atoms with Gasteiger partial charge in [0, 0.05) is 6.20 Å². The molecule has 98 valence electrons. The zero-order valence-electron chi connectivity index (χ0n) is 10.2. The maximum atomic E-state index is 11.0. The van der Waals surface area contributed by atoms with Crippen LogP contribution in [0.15, 0.2) is 48.8 Å². The third-order valence-corrected chi connectivity index (χ3v) is 2.36. The Morgan fingerprint density at radius 1 is 1.11 bits per heavy atom. The van der Waals surface area contributed by atoms with Crippen molar-refractivity contribution in [3.63, 3.8) is 0 Å². The number of para-hydroxylation sites is 1. The number of carbonyl (C=O) groups is 1. The van der Waals surface area contributed by atoms with Crippen molar-refractivity contribution in [1.29, 1.82) is 0 Å². The van der Waals surface area contributed by atoms with E-state index in [0.717, 1.165) is 0 Å². The standard InChI is InChI=1S/C14H13NO4/c16-14(17)12-5-1-2-6-13(12)19-9-8-18-11-4-3-7-15-10-11/h1-7,10H,8-9H2,(H,16,17). The molecular weight excluding hydrogens is 246 g/mol. The Balaban J connectivity index is 1.85. The number of hydrogen-bond donors (Lipinski definition) is 1. The fraction of sp³-hybridized carbons (Fsp3) is 0.143. The average molecular weight is 259 g/mol. The Morgan fingerprint density at radius 3 is 2.63 bits per heavy atom. The Morgan fingerprint density at radius 2 is 1.89 bits per heavy atom. The summed E-state index contributed by atoms with van der Waals surface area (Å²) in [6, 6.07) is 10.1. The monoisotopic (exact) mass is 259 g/mol. The highest BCUT2D eigenvalue weighted by atomic mass is 16.5. The first-order valence-corrected chi connectivity index (χ1v) is 5.75. The van der Waals surface area contributed by atoms with Crippen LogP contribution in [0, 0.1) is 0 Å². The molecule has 0 radical (unpaired) electrons. The highest BCUT2D eigenvalue weighted by molar-refractivity contribution is 5.90. The highest BCUT2D eigenvalue weighted by Crippen LogP contribution is 2.17. The summed E-state index contributed by atoms with van der Waals surface area (Å²) in [5.74, 6) is -0.0221. The minimum absolute atomic E-state index is 0.142. The van der Waals surface area contributed by atoms with Crippen molar-refractivity contribution < 1.29 is 19.4 Å². The van der Waals surface area contributed by atoms with E-state index < -0.39 is 5.97 Å². The van der Waals surface area contributed by atoms with Gasteiger partial charge in [0.2, 0.25) is 0 Å². The molecule has 1 aromatic heterocycles. The fourth-order valence-electron chi connectivity index (χ4n) is 1.51. The third-order valence-electron chi connectivity index (χ3n) is 2.36. The molecule has 0 fully saturated rings. The lowest BCUT2D eigenvalue weighted by atomic mass is 10.2. The molecule has 0 aliphatic heterocycles. The molecule has 1 aromatic carbocycles. The molecule has 0 bridgehead atoms. The van der Waals surface area contributed by atoms with Gasteiger partial charge in [-0.05, 0) is 24.3 Å². The van der Waals surface area contributed by atoms with E-state index in [-0.39, 0.29) is 12.2 Å². The van der Waals surface area contributed by atoms with Crippen LogP contribution in [-0.2, 0) is 0 Å². The summed E-state index contributed by atoms with van der Waals surface area (Å²) < 4.78 is 10.8. The Hall–Kier alpha value is -2.56. The van der Waals surface area contributed by atoms with E-state index in [4.69, 9.17) is 14.6 Å². The Labute approximate surface area is 110 Å². The molecule has 1 heterocycles. The van der Waals surface area contributed by atoms with Gasteiger partial charge in [0.05, 0.1) is 6.20 Å². The van der Waals surface area contributed by atoms with Crippen LogP contribution < -0.4 is 9.47 Å². The molecule has 2 aromatic rings. The summed E-state index contributed by atoms with van der Waals surface area (Å²) in [7, 11) is 0. The number of carboxylic acids is 1. The van der Waals surface area contributed by atoms with Crippen LogP contribution in [0.25, 0.3) is 0 Å². The molecule has 0 spiro atoms. The van der Waals surface area contributed by atoms with Crippen molar-refractivity contribution in [3.05, 3.63) is 54.4 Å². The number of ether oxygens (including phenoxy) is 2. The lowest BCUT2D eigenvalue weighted by molar-refractivity contribution is 0.0691. The highest BCUT2D eigenvalue weighted by Gasteiger charge is 2.09. The molecule has 0 aliphatic rings. The van der Waals surface area contributed by atoms with Crippen molar-refractivity contribution in [3.8, 4) is 11.5 Å². The van der Waals surface area contributed by atoms with Crippen LogP contribution in [-0.4, -0.2) is 29.3 Å². The predicted molar refractivity (Wildman–Crippen MR) is 68.6 cm³/mol. The number of nitrogens with zero attached hydrogens (tertiary/aromatic N) is 1. The number of aromatic nitrogens is 1. The van der Waals surface area contributed by atoms with E-state index in [2.05, 4.69) is 4.98 Å².